The molecule has 1 aliphatic rings. The Kier molecular flexibility index (Phi) is 7.33. The van der Waals surface area contributed by atoms with Gasteiger partial charge in [-0.3, -0.25) is 9.69 Å². The Morgan fingerprint density at radius 2 is 1.64 bits per heavy atom. The van der Waals surface area contributed by atoms with Crippen molar-refractivity contribution >= 4 is 16.8 Å². The van der Waals surface area contributed by atoms with Gasteiger partial charge < -0.3 is 14.6 Å². The first-order chi connectivity index (χ1) is 17.6. The summed E-state index contributed by atoms with van der Waals surface area (Å²) in [6.45, 7) is 3.84. The molecule has 1 fully saturated rings. The molecule has 0 aliphatic carbocycles. The number of amides is 1. The van der Waals surface area contributed by atoms with E-state index in [9.17, 15) is 9.18 Å². The molecule has 0 spiro atoms. The third-order valence-electron chi connectivity index (χ3n) is 7.12. The highest BCUT2D eigenvalue weighted by Crippen LogP contribution is 2.25. The quantitative estimate of drug-likeness (QED) is 0.365. The van der Waals surface area contributed by atoms with Gasteiger partial charge >= 0.3 is 0 Å². The van der Waals surface area contributed by atoms with Gasteiger partial charge in [0.1, 0.15) is 11.6 Å². The Labute approximate surface area is 211 Å². The van der Waals surface area contributed by atoms with Crippen LogP contribution >= 0.6 is 0 Å². The summed E-state index contributed by atoms with van der Waals surface area (Å²) in [4.78, 5) is 15.2. The maximum absolute atomic E-state index is 13.4. The Balaban J connectivity index is 1.19. The first kappa shape index (κ1) is 24.1. The number of piperidine rings is 1. The molecule has 0 radical (unpaired) electrons. The summed E-state index contributed by atoms with van der Waals surface area (Å²) in [5, 5.41) is 4.31. The predicted molar refractivity (Wildman–Crippen MR) is 140 cm³/mol. The van der Waals surface area contributed by atoms with Crippen LogP contribution in [0.3, 0.4) is 0 Å². The van der Waals surface area contributed by atoms with E-state index in [1.165, 1.54) is 28.7 Å². The molecule has 1 N–H and O–H groups in total. The third-order valence-corrected chi connectivity index (χ3v) is 7.12. The fraction of sp³-hybridized carbons (Fsp3) is 0.300. The molecule has 36 heavy (non-hydrogen) atoms. The average Bonchev–Trinajstić information content (AvgIpc) is 3.26. The molecule has 1 saturated heterocycles. The summed E-state index contributed by atoms with van der Waals surface area (Å²) in [7, 11) is 1.65. The maximum atomic E-state index is 13.4. The maximum Gasteiger partial charge on any atom is 0.223 e. The monoisotopic (exact) mass is 485 g/mol. The molecule has 1 amide bonds. The van der Waals surface area contributed by atoms with Crippen LogP contribution in [0.15, 0.2) is 78.9 Å². The zero-order valence-corrected chi connectivity index (χ0v) is 20.6. The molecule has 2 heterocycles. The topological polar surface area (TPSA) is 46.5 Å². The zero-order chi connectivity index (χ0) is 24.9. The largest absolute Gasteiger partial charge is 0.497 e. The summed E-state index contributed by atoms with van der Waals surface area (Å²) in [5.74, 6) is 0.780. The van der Waals surface area contributed by atoms with E-state index in [2.05, 4.69) is 45.1 Å². The Hall–Kier alpha value is -3.64. The third kappa shape index (κ3) is 5.60. The summed E-state index contributed by atoms with van der Waals surface area (Å²) in [6, 6.07) is 25.2. The van der Waals surface area contributed by atoms with Crippen LogP contribution in [0.5, 0.6) is 5.75 Å². The highest BCUT2D eigenvalue weighted by atomic mass is 19.1. The molecule has 0 atom stereocenters. The van der Waals surface area contributed by atoms with Crippen LogP contribution in [0, 0.1) is 11.7 Å². The van der Waals surface area contributed by atoms with E-state index in [4.69, 9.17) is 4.74 Å². The molecule has 5 nitrogen and oxygen atoms in total. The molecule has 1 aromatic heterocycles. The van der Waals surface area contributed by atoms with Crippen LogP contribution < -0.4 is 10.1 Å². The highest BCUT2D eigenvalue weighted by molar-refractivity contribution is 5.81. The minimum atomic E-state index is -0.216. The zero-order valence-electron chi connectivity index (χ0n) is 20.6. The number of carbonyl (C=O) groups is 1. The number of likely N-dealkylation sites (tertiary alicyclic amines) is 1. The number of halogens is 1. The van der Waals surface area contributed by atoms with Gasteiger partial charge in [0.15, 0.2) is 0 Å². The van der Waals surface area contributed by atoms with Gasteiger partial charge in [0.05, 0.1) is 7.11 Å². The first-order valence-electron chi connectivity index (χ1n) is 12.5. The van der Waals surface area contributed by atoms with Gasteiger partial charge in [-0.05, 0) is 78.8 Å². The number of aromatic nitrogens is 1. The molecule has 0 bridgehead atoms. The fourth-order valence-corrected chi connectivity index (χ4v) is 5.02. The molecule has 5 rings (SSSR count). The summed E-state index contributed by atoms with van der Waals surface area (Å²) in [6.07, 6.45) is 1.71. The smallest absolute Gasteiger partial charge is 0.223 e. The lowest BCUT2D eigenvalue weighted by molar-refractivity contribution is -0.126. The van der Waals surface area contributed by atoms with E-state index in [0.29, 0.717) is 13.1 Å². The number of ether oxygens (including phenoxy) is 1. The second kappa shape index (κ2) is 11.0. The van der Waals surface area contributed by atoms with Crippen LogP contribution in [0.2, 0.25) is 0 Å². The number of benzene rings is 3. The van der Waals surface area contributed by atoms with Gasteiger partial charge in [-0.1, -0.05) is 42.5 Å². The van der Waals surface area contributed by atoms with Crippen molar-refractivity contribution < 1.29 is 13.9 Å². The van der Waals surface area contributed by atoms with E-state index < -0.39 is 0 Å². The average molecular weight is 486 g/mol. The van der Waals surface area contributed by atoms with Gasteiger partial charge in [-0.25, -0.2) is 4.39 Å². The molecule has 0 unspecified atom stereocenters. The van der Waals surface area contributed by atoms with Crippen LogP contribution in [-0.2, 0) is 24.4 Å². The Bertz CT molecular complexity index is 1310. The van der Waals surface area contributed by atoms with E-state index in [0.717, 1.165) is 49.4 Å². The number of nitrogens with one attached hydrogen (secondary N) is 1. The van der Waals surface area contributed by atoms with Crippen molar-refractivity contribution in [2.24, 2.45) is 5.92 Å². The van der Waals surface area contributed by atoms with Crippen LogP contribution in [0.1, 0.15) is 29.7 Å². The minimum Gasteiger partial charge on any atom is -0.497 e. The van der Waals surface area contributed by atoms with Crippen molar-refractivity contribution in [2.45, 2.75) is 32.5 Å². The highest BCUT2D eigenvalue weighted by Gasteiger charge is 2.25. The summed E-state index contributed by atoms with van der Waals surface area (Å²) in [5.41, 5.74) is 4.56. The van der Waals surface area contributed by atoms with Gasteiger partial charge in [-0.2, -0.15) is 0 Å². The summed E-state index contributed by atoms with van der Waals surface area (Å²) < 4.78 is 20.9. The Morgan fingerprint density at radius 1 is 0.944 bits per heavy atom. The van der Waals surface area contributed by atoms with E-state index >= 15 is 0 Å². The molecular formula is C30H32FN3O2. The van der Waals surface area contributed by atoms with Crippen LogP contribution in [0.25, 0.3) is 10.9 Å². The predicted octanol–water partition coefficient (Wildman–Crippen LogP) is 5.37. The molecule has 1 aliphatic heterocycles. The van der Waals surface area contributed by atoms with Crippen LogP contribution in [0.4, 0.5) is 4.39 Å². The van der Waals surface area contributed by atoms with Crippen molar-refractivity contribution in [1.29, 1.82) is 0 Å². The number of fused-ring (bicyclic) bond motifs is 1. The number of carbonyl (C=O) groups excluding carboxylic acids is 1. The number of para-hydroxylation sites is 1. The van der Waals surface area contributed by atoms with Gasteiger partial charge in [0.25, 0.3) is 0 Å². The summed E-state index contributed by atoms with van der Waals surface area (Å²) >= 11 is 0. The Morgan fingerprint density at radius 3 is 2.36 bits per heavy atom. The second-order valence-electron chi connectivity index (χ2n) is 9.52. The van der Waals surface area contributed by atoms with Gasteiger partial charge in [-0.15, -0.1) is 0 Å². The lowest BCUT2D eigenvalue weighted by atomic mass is 9.95. The van der Waals surface area contributed by atoms with Gasteiger partial charge in [0.2, 0.25) is 5.91 Å². The van der Waals surface area contributed by atoms with Crippen molar-refractivity contribution in [1.82, 2.24) is 14.8 Å². The number of methoxy groups -OCH3 is 1. The molecule has 186 valence electrons. The normalized spacial score (nSPS) is 14.7. The van der Waals surface area contributed by atoms with Crippen molar-refractivity contribution in [3.05, 3.63) is 102 Å². The van der Waals surface area contributed by atoms with E-state index in [1.807, 2.05) is 36.4 Å². The lowest BCUT2D eigenvalue weighted by Gasteiger charge is -2.31. The number of rotatable bonds is 8. The molecule has 4 aromatic rings. The second-order valence-corrected chi connectivity index (χ2v) is 9.52. The minimum absolute atomic E-state index is 0.0459. The van der Waals surface area contributed by atoms with Gasteiger partial charge in [0, 0.05) is 36.8 Å². The fourth-order valence-electron chi connectivity index (χ4n) is 5.02. The number of hydrogen-bond donors (Lipinski definition) is 1. The molecule has 6 heteroatoms. The molecule has 0 saturated carbocycles. The van der Waals surface area contributed by atoms with Crippen molar-refractivity contribution in [3.63, 3.8) is 0 Å². The molecule has 3 aromatic carbocycles. The first-order valence-corrected chi connectivity index (χ1v) is 12.5. The SMILES string of the molecule is COc1ccc(CNC(=O)C2CCN(Cc3cc4ccccc4n3Cc3ccc(F)cc3)CC2)cc1. The van der Waals surface area contributed by atoms with E-state index in [-0.39, 0.29) is 17.6 Å². The van der Waals surface area contributed by atoms with Crippen molar-refractivity contribution in [3.8, 4) is 5.75 Å². The molecular weight excluding hydrogens is 453 g/mol. The number of nitrogens with zero attached hydrogens (tertiary/aromatic N) is 2. The van der Waals surface area contributed by atoms with Crippen LogP contribution in [-0.4, -0.2) is 35.6 Å². The van der Waals surface area contributed by atoms with E-state index in [1.54, 1.807) is 7.11 Å². The standard InChI is InChI=1S/C30H32FN3O2/c1-36-28-12-8-22(9-13-28)19-32-30(35)24-14-16-33(17-15-24)21-27-18-25-4-2-3-5-29(25)34(27)20-23-6-10-26(31)11-7-23/h2-13,18,24H,14-17,19-21H2,1H3,(H,32,35). The van der Waals surface area contributed by atoms with Crippen molar-refractivity contribution in [2.75, 3.05) is 20.2 Å². The number of hydrogen-bond acceptors (Lipinski definition) is 3. The lowest BCUT2D eigenvalue weighted by Crippen LogP contribution is -2.40.